The van der Waals surface area contributed by atoms with Crippen LogP contribution in [0.4, 0.5) is 11.4 Å². The third-order valence-corrected chi connectivity index (χ3v) is 3.56. The molecule has 1 amide bonds. The second kappa shape index (κ2) is 5.96. The first-order valence-corrected chi connectivity index (χ1v) is 6.82. The first kappa shape index (κ1) is 14.4. The summed E-state index contributed by atoms with van der Waals surface area (Å²) in [5, 5.41) is 2.85. The third kappa shape index (κ3) is 2.93. The van der Waals surface area contributed by atoms with Crippen molar-refractivity contribution in [2.45, 2.75) is 6.92 Å². The Bertz CT molecular complexity index is 656. The van der Waals surface area contributed by atoms with Gasteiger partial charge in [-0.3, -0.25) is 4.79 Å². The van der Waals surface area contributed by atoms with E-state index in [-0.39, 0.29) is 5.91 Å². The molecule has 2 aromatic rings. The number of halogens is 1. The van der Waals surface area contributed by atoms with Crippen molar-refractivity contribution >= 4 is 33.2 Å². The number of ether oxygens (including phenoxy) is 1. The maximum absolute atomic E-state index is 12.3. The number of para-hydroxylation sites is 1. The summed E-state index contributed by atoms with van der Waals surface area (Å²) in [4.78, 5) is 12.3. The van der Waals surface area contributed by atoms with Gasteiger partial charge in [-0.1, -0.05) is 12.1 Å². The highest BCUT2D eigenvalue weighted by Crippen LogP contribution is 2.28. The lowest BCUT2D eigenvalue weighted by Crippen LogP contribution is -2.14. The van der Waals surface area contributed by atoms with Crippen LogP contribution < -0.4 is 15.8 Å². The van der Waals surface area contributed by atoms with Crippen molar-refractivity contribution in [3.8, 4) is 5.75 Å². The van der Waals surface area contributed by atoms with Crippen LogP contribution in [0.2, 0.25) is 0 Å². The molecular weight excluding hydrogens is 320 g/mol. The lowest BCUT2D eigenvalue weighted by atomic mass is 10.1. The first-order valence-electron chi connectivity index (χ1n) is 6.03. The van der Waals surface area contributed by atoms with Crippen LogP contribution in [0.15, 0.2) is 40.9 Å². The van der Waals surface area contributed by atoms with Gasteiger partial charge in [0.05, 0.1) is 24.0 Å². The Hall–Kier alpha value is -2.01. The molecule has 0 aliphatic rings. The van der Waals surface area contributed by atoms with E-state index >= 15 is 0 Å². The Labute approximate surface area is 126 Å². The summed E-state index contributed by atoms with van der Waals surface area (Å²) < 4.78 is 6.01. The molecule has 0 heterocycles. The number of nitrogen functional groups attached to an aromatic ring is 1. The normalized spacial score (nSPS) is 10.2. The predicted octanol–water partition coefficient (Wildman–Crippen LogP) is 3.60. The first-order chi connectivity index (χ1) is 9.52. The molecule has 20 heavy (non-hydrogen) atoms. The van der Waals surface area contributed by atoms with Crippen LogP contribution in [-0.4, -0.2) is 13.0 Å². The summed E-state index contributed by atoms with van der Waals surface area (Å²) in [6, 6.07) is 10.8. The molecule has 0 saturated heterocycles. The topological polar surface area (TPSA) is 64.3 Å². The summed E-state index contributed by atoms with van der Waals surface area (Å²) in [6.45, 7) is 1.96. The van der Waals surface area contributed by atoms with Gasteiger partial charge in [0.25, 0.3) is 5.91 Å². The van der Waals surface area contributed by atoms with E-state index in [0.717, 1.165) is 10.0 Å². The van der Waals surface area contributed by atoms with Crippen molar-refractivity contribution in [2.75, 3.05) is 18.2 Å². The number of aryl methyl sites for hydroxylation is 1. The number of hydrogen-bond donors (Lipinski definition) is 2. The van der Waals surface area contributed by atoms with Gasteiger partial charge in [-0.2, -0.15) is 0 Å². The van der Waals surface area contributed by atoms with Gasteiger partial charge >= 0.3 is 0 Å². The van der Waals surface area contributed by atoms with Crippen LogP contribution in [-0.2, 0) is 0 Å². The van der Waals surface area contributed by atoms with E-state index in [2.05, 4.69) is 21.2 Å². The number of nitrogens with two attached hydrogens (primary N) is 1. The van der Waals surface area contributed by atoms with Gasteiger partial charge in [-0.05, 0) is 52.7 Å². The third-order valence-electron chi connectivity index (χ3n) is 2.86. The van der Waals surface area contributed by atoms with Gasteiger partial charge in [0, 0.05) is 4.47 Å². The Morgan fingerprint density at radius 3 is 2.75 bits per heavy atom. The summed E-state index contributed by atoms with van der Waals surface area (Å²) in [7, 11) is 1.49. The molecule has 3 N–H and O–H groups in total. The minimum absolute atomic E-state index is 0.263. The van der Waals surface area contributed by atoms with Gasteiger partial charge in [0.15, 0.2) is 5.75 Å². The number of hydrogen-bond acceptors (Lipinski definition) is 3. The van der Waals surface area contributed by atoms with Crippen LogP contribution in [0, 0.1) is 6.92 Å². The summed E-state index contributed by atoms with van der Waals surface area (Å²) >= 11 is 3.41. The van der Waals surface area contributed by atoms with Crippen LogP contribution in [0.3, 0.4) is 0 Å². The molecule has 0 aliphatic carbocycles. The fourth-order valence-electron chi connectivity index (χ4n) is 1.89. The van der Waals surface area contributed by atoms with Crippen LogP contribution in [0.25, 0.3) is 0 Å². The molecule has 0 atom stereocenters. The molecule has 0 bridgehead atoms. The molecule has 0 radical (unpaired) electrons. The summed E-state index contributed by atoms with van der Waals surface area (Å²) in [6.07, 6.45) is 0. The molecule has 0 saturated carbocycles. The molecular formula is C15H15BrN2O2. The fraction of sp³-hybridized carbons (Fsp3) is 0.133. The molecule has 0 unspecified atom stereocenters. The Balaban J connectivity index is 2.33. The molecule has 0 spiro atoms. The van der Waals surface area contributed by atoms with E-state index < -0.39 is 0 Å². The number of rotatable bonds is 3. The second-order valence-corrected chi connectivity index (χ2v) is 5.22. The lowest BCUT2D eigenvalue weighted by Gasteiger charge is -2.12. The van der Waals surface area contributed by atoms with Crippen molar-refractivity contribution in [2.24, 2.45) is 0 Å². The van der Waals surface area contributed by atoms with Crippen LogP contribution >= 0.6 is 15.9 Å². The smallest absolute Gasteiger partial charge is 0.259 e. The SMILES string of the molecule is COc1c(N)cccc1C(=O)Nc1cc(C)ccc1Br. The monoisotopic (exact) mass is 334 g/mol. The van der Waals surface area contributed by atoms with Gasteiger partial charge in [-0.15, -0.1) is 0 Å². The Morgan fingerprint density at radius 2 is 2.05 bits per heavy atom. The van der Waals surface area contributed by atoms with E-state index in [1.165, 1.54) is 7.11 Å². The molecule has 2 aromatic carbocycles. The summed E-state index contributed by atoms with van der Waals surface area (Å²) in [5.74, 6) is 0.120. The standard InChI is InChI=1S/C15H15BrN2O2/c1-9-6-7-11(16)13(8-9)18-15(19)10-4-3-5-12(17)14(10)20-2/h3-8H,17H2,1-2H3,(H,18,19). The molecule has 5 heteroatoms. The molecule has 0 aliphatic heterocycles. The lowest BCUT2D eigenvalue weighted by molar-refractivity contribution is 0.102. The molecule has 104 valence electrons. The maximum Gasteiger partial charge on any atom is 0.259 e. The highest BCUT2D eigenvalue weighted by molar-refractivity contribution is 9.10. The highest BCUT2D eigenvalue weighted by atomic mass is 79.9. The number of nitrogens with one attached hydrogen (secondary N) is 1. The van der Waals surface area contributed by atoms with Crippen molar-refractivity contribution in [1.82, 2.24) is 0 Å². The Morgan fingerprint density at radius 1 is 1.30 bits per heavy atom. The van der Waals surface area contributed by atoms with Gasteiger partial charge in [0.1, 0.15) is 0 Å². The van der Waals surface area contributed by atoms with E-state index in [1.807, 2.05) is 25.1 Å². The zero-order valence-corrected chi connectivity index (χ0v) is 12.8. The average Bonchev–Trinajstić information content (AvgIpc) is 2.42. The fourth-order valence-corrected chi connectivity index (χ4v) is 2.23. The zero-order chi connectivity index (χ0) is 14.7. The number of benzene rings is 2. The number of carbonyl (C=O) groups is 1. The van der Waals surface area contributed by atoms with Gasteiger partial charge < -0.3 is 15.8 Å². The maximum atomic E-state index is 12.3. The summed E-state index contributed by atoms with van der Waals surface area (Å²) in [5.41, 5.74) is 8.41. The molecule has 2 rings (SSSR count). The van der Waals surface area contributed by atoms with E-state index in [4.69, 9.17) is 10.5 Å². The second-order valence-electron chi connectivity index (χ2n) is 4.37. The number of anilines is 2. The Kier molecular flexibility index (Phi) is 4.29. The van der Waals surface area contributed by atoms with E-state index in [1.54, 1.807) is 18.2 Å². The number of methoxy groups -OCH3 is 1. The van der Waals surface area contributed by atoms with E-state index in [9.17, 15) is 4.79 Å². The van der Waals surface area contributed by atoms with Crippen molar-refractivity contribution < 1.29 is 9.53 Å². The molecule has 0 aromatic heterocycles. The van der Waals surface area contributed by atoms with Gasteiger partial charge in [0.2, 0.25) is 0 Å². The van der Waals surface area contributed by atoms with Crippen molar-refractivity contribution in [3.63, 3.8) is 0 Å². The number of carbonyl (C=O) groups excluding carboxylic acids is 1. The quantitative estimate of drug-likeness (QED) is 0.843. The predicted molar refractivity (Wildman–Crippen MR) is 84.2 cm³/mol. The van der Waals surface area contributed by atoms with E-state index in [0.29, 0.717) is 22.7 Å². The average molecular weight is 335 g/mol. The van der Waals surface area contributed by atoms with Gasteiger partial charge in [-0.25, -0.2) is 0 Å². The number of amides is 1. The van der Waals surface area contributed by atoms with Crippen LogP contribution in [0.1, 0.15) is 15.9 Å². The van der Waals surface area contributed by atoms with Crippen LogP contribution in [0.5, 0.6) is 5.75 Å². The minimum atomic E-state index is -0.263. The highest BCUT2D eigenvalue weighted by Gasteiger charge is 2.15. The molecule has 4 nitrogen and oxygen atoms in total. The zero-order valence-electron chi connectivity index (χ0n) is 11.2. The largest absolute Gasteiger partial charge is 0.494 e. The molecule has 0 fully saturated rings. The van der Waals surface area contributed by atoms with Crippen molar-refractivity contribution in [3.05, 3.63) is 52.0 Å². The van der Waals surface area contributed by atoms with Crippen molar-refractivity contribution in [1.29, 1.82) is 0 Å². The minimum Gasteiger partial charge on any atom is -0.494 e.